The van der Waals surface area contributed by atoms with E-state index in [0.717, 1.165) is 31.2 Å². The van der Waals surface area contributed by atoms with E-state index < -0.39 is 0 Å². The summed E-state index contributed by atoms with van der Waals surface area (Å²) in [5.41, 5.74) is 2.53. The number of rotatable bonds is 7. The molecule has 31 heavy (non-hydrogen) atoms. The van der Waals surface area contributed by atoms with Crippen LogP contribution in [0.4, 0.5) is 0 Å². The van der Waals surface area contributed by atoms with Crippen molar-refractivity contribution in [2.45, 2.75) is 37.1 Å². The average molecular weight is 439 g/mol. The molecule has 2 fully saturated rings. The van der Waals surface area contributed by atoms with Gasteiger partial charge in [0.2, 0.25) is 5.91 Å². The minimum atomic E-state index is -0.150. The maximum atomic E-state index is 12.5. The lowest BCUT2D eigenvalue weighted by molar-refractivity contribution is -0.116. The molecule has 6 heteroatoms. The lowest BCUT2D eigenvalue weighted by atomic mass is 9.74. The molecule has 5 nitrogen and oxygen atoms in total. The van der Waals surface area contributed by atoms with Gasteiger partial charge in [0.25, 0.3) is 5.91 Å². The van der Waals surface area contributed by atoms with Gasteiger partial charge in [-0.3, -0.25) is 9.59 Å². The zero-order valence-corrected chi connectivity index (χ0v) is 18.2. The highest BCUT2D eigenvalue weighted by molar-refractivity contribution is 6.30. The highest BCUT2D eigenvalue weighted by Gasteiger charge is 2.34. The number of carbonyl (C=O) groups is 2. The molecule has 2 N–H and O–H groups in total. The van der Waals surface area contributed by atoms with Gasteiger partial charge in [0.1, 0.15) is 0 Å². The Balaban J connectivity index is 1.35. The Morgan fingerprint density at radius 2 is 1.71 bits per heavy atom. The van der Waals surface area contributed by atoms with Crippen LogP contribution in [0.3, 0.4) is 0 Å². The first kappa shape index (κ1) is 21.6. The summed E-state index contributed by atoms with van der Waals surface area (Å²) in [5.74, 6) is -0.185. The van der Waals surface area contributed by atoms with Crippen LogP contribution >= 0.6 is 11.6 Å². The number of ether oxygens (including phenoxy) is 1. The molecular formula is C25H27ClN2O3. The van der Waals surface area contributed by atoms with Crippen molar-refractivity contribution in [2.24, 2.45) is 0 Å². The second-order valence-electron chi connectivity index (χ2n) is 8.32. The van der Waals surface area contributed by atoms with Gasteiger partial charge < -0.3 is 15.4 Å². The minimum Gasteiger partial charge on any atom is -0.381 e. The summed E-state index contributed by atoms with van der Waals surface area (Å²) in [5, 5.41) is 6.73. The number of amides is 2. The smallest absolute Gasteiger partial charge is 0.251 e. The summed E-state index contributed by atoms with van der Waals surface area (Å²) in [6.07, 6.45) is 7.12. The monoisotopic (exact) mass is 438 g/mol. The summed E-state index contributed by atoms with van der Waals surface area (Å²) in [6, 6.07) is 15.5. The SMILES string of the molecule is O=C(C=Cc1ccc(C(=O)NC2CC2)cc1)NCC1(c2ccc(Cl)cc2)CCOCC1. The van der Waals surface area contributed by atoms with Gasteiger partial charge in [-0.1, -0.05) is 35.9 Å². The van der Waals surface area contributed by atoms with Crippen molar-refractivity contribution in [2.75, 3.05) is 19.8 Å². The summed E-state index contributed by atoms with van der Waals surface area (Å²) >= 11 is 6.05. The Hall–Kier alpha value is -2.63. The lowest BCUT2D eigenvalue weighted by Crippen LogP contribution is -2.44. The molecule has 0 bridgehead atoms. The van der Waals surface area contributed by atoms with Gasteiger partial charge in [-0.15, -0.1) is 0 Å². The molecule has 1 saturated heterocycles. The molecular weight excluding hydrogens is 412 g/mol. The van der Waals surface area contributed by atoms with Gasteiger partial charge >= 0.3 is 0 Å². The molecule has 4 rings (SSSR count). The standard InChI is InChI=1S/C25H27ClN2O3/c26-21-8-6-20(7-9-21)25(13-15-31-16-14-25)17-27-23(29)12-3-18-1-4-19(5-2-18)24(30)28-22-10-11-22/h1-9,12,22H,10-11,13-17H2,(H,27,29)(H,28,30). The Labute approximate surface area is 187 Å². The highest BCUT2D eigenvalue weighted by atomic mass is 35.5. The predicted molar refractivity (Wildman–Crippen MR) is 122 cm³/mol. The van der Waals surface area contributed by atoms with Crippen LogP contribution in [-0.2, 0) is 14.9 Å². The van der Waals surface area contributed by atoms with E-state index in [-0.39, 0.29) is 17.2 Å². The Kier molecular flexibility index (Phi) is 6.73. The number of hydrogen-bond donors (Lipinski definition) is 2. The van der Waals surface area contributed by atoms with Crippen molar-refractivity contribution in [1.29, 1.82) is 0 Å². The van der Waals surface area contributed by atoms with Crippen LogP contribution < -0.4 is 10.6 Å². The molecule has 0 aromatic heterocycles. The summed E-state index contributed by atoms with van der Waals surface area (Å²) in [7, 11) is 0. The second kappa shape index (κ2) is 9.67. The van der Waals surface area contributed by atoms with Crippen molar-refractivity contribution in [3.8, 4) is 0 Å². The fourth-order valence-corrected chi connectivity index (χ4v) is 3.99. The van der Waals surface area contributed by atoms with E-state index in [1.165, 1.54) is 11.6 Å². The number of halogens is 1. The molecule has 2 amide bonds. The second-order valence-corrected chi connectivity index (χ2v) is 8.76. The van der Waals surface area contributed by atoms with E-state index in [9.17, 15) is 9.59 Å². The summed E-state index contributed by atoms with van der Waals surface area (Å²) < 4.78 is 5.55. The van der Waals surface area contributed by atoms with Gasteiger partial charge in [-0.2, -0.15) is 0 Å². The van der Waals surface area contributed by atoms with Crippen LogP contribution in [0.2, 0.25) is 5.02 Å². The van der Waals surface area contributed by atoms with Crippen LogP contribution in [0.1, 0.15) is 47.2 Å². The predicted octanol–water partition coefficient (Wildman–Crippen LogP) is 4.11. The van der Waals surface area contributed by atoms with Crippen LogP contribution in [0.5, 0.6) is 0 Å². The molecule has 0 atom stereocenters. The summed E-state index contributed by atoms with van der Waals surface area (Å²) in [4.78, 5) is 24.5. The highest BCUT2D eigenvalue weighted by Crippen LogP contribution is 2.34. The van der Waals surface area contributed by atoms with Gasteiger partial charge in [0.05, 0.1) is 0 Å². The molecule has 2 aromatic rings. The topological polar surface area (TPSA) is 67.4 Å². The van der Waals surface area contributed by atoms with Crippen molar-refractivity contribution >= 4 is 29.5 Å². The molecule has 1 saturated carbocycles. The largest absolute Gasteiger partial charge is 0.381 e. The minimum absolute atomic E-state index is 0.0419. The molecule has 0 radical (unpaired) electrons. The Morgan fingerprint density at radius 1 is 1.03 bits per heavy atom. The van der Waals surface area contributed by atoms with E-state index in [4.69, 9.17) is 16.3 Å². The van der Waals surface area contributed by atoms with E-state index >= 15 is 0 Å². The molecule has 0 unspecified atom stereocenters. The molecule has 1 aliphatic heterocycles. The van der Waals surface area contributed by atoms with Crippen LogP contribution in [0.15, 0.2) is 54.6 Å². The van der Waals surface area contributed by atoms with E-state index in [1.54, 1.807) is 18.2 Å². The molecule has 2 aromatic carbocycles. The first-order valence-corrected chi connectivity index (χ1v) is 11.1. The number of nitrogens with one attached hydrogen (secondary N) is 2. The van der Waals surface area contributed by atoms with E-state index in [2.05, 4.69) is 10.6 Å². The first-order valence-electron chi connectivity index (χ1n) is 10.7. The third-order valence-corrected chi connectivity index (χ3v) is 6.27. The molecule has 162 valence electrons. The molecule has 1 aliphatic carbocycles. The summed E-state index contributed by atoms with van der Waals surface area (Å²) in [6.45, 7) is 1.89. The number of hydrogen-bond acceptors (Lipinski definition) is 3. The maximum absolute atomic E-state index is 12.5. The molecule has 2 aliphatic rings. The van der Waals surface area contributed by atoms with Gasteiger partial charge in [-0.05, 0) is 67.2 Å². The fraction of sp³-hybridized carbons (Fsp3) is 0.360. The lowest BCUT2D eigenvalue weighted by Gasteiger charge is -2.37. The Morgan fingerprint density at radius 3 is 2.35 bits per heavy atom. The van der Waals surface area contributed by atoms with Crippen molar-refractivity contribution in [3.05, 3.63) is 76.3 Å². The maximum Gasteiger partial charge on any atom is 0.251 e. The van der Waals surface area contributed by atoms with Gasteiger partial charge in [0.15, 0.2) is 0 Å². The third kappa shape index (κ3) is 5.75. The van der Waals surface area contributed by atoms with Crippen LogP contribution in [0, 0.1) is 0 Å². The van der Waals surface area contributed by atoms with Gasteiger partial charge in [0, 0.05) is 47.9 Å². The average Bonchev–Trinajstić information content (AvgIpc) is 3.61. The number of carbonyl (C=O) groups excluding carboxylic acids is 2. The van der Waals surface area contributed by atoms with Crippen molar-refractivity contribution < 1.29 is 14.3 Å². The normalized spacial score (nSPS) is 18.0. The van der Waals surface area contributed by atoms with Crippen LogP contribution in [0.25, 0.3) is 6.08 Å². The number of benzene rings is 2. The zero-order valence-electron chi connectivity index (χ0n) is 17.4. The van der Waals surface area contributed by atoms with Crippen molar-refractivity contribution in [3.63, 3.8) is 0 Å². The first-order chi connectivity index (χ1) is 15.0. The zero-order chi connectivity index (χ0) is 21.7. The quantitative estimate of drug-likeness (QED) is 0.639. The molecule has 0 spiro atoms. The Bertz CT molecular complexity index is 944. The molecule has 1 heterocycles. The fourth-order valence-electron chi connectivity index (χ4n) is 3.86. The van der Waals surface area contributed by atoms with E-state index in [1.807, 2.05) is 36.4 Å². The third-order valence-electron chi connectivity index (χ3n) is 6.02. The van der Waals surface area contributed by atoms with E-state index in [0.29, 0.717) is 36.4 Å². The van der Waals surface area contributed by atoms with Crippen molar-refractivity contribution in [1.82, 2.24) is 10.6 Å². The van der Waals surface area contributed by atoms with Gasteiger partial charge in [-0.25, -0.2) is 0 Å². The van der Waals surface area contributed by atoms with Crippen LogP contribution in [-0.4, -0.2) is 37.6 Å².